The summed E-state index contributed by atoms with van der Waals surface area (Å²) in [7, 11) is -1.23. The van der Waals surface area contributed by atoms with Crippen LogP contribution in [0.15, 0.2) is 24.3 Å². The van der Waals surface area contributed by atoms with Gasteiger partial charge in [-0.1, -0.05) is 25.1 Å². The first-order chi connectivity index (χ1) is 10.4. The minimum atomic E-state index is -3.18. The number of anilines is 1. The van der Waals surface area contributed by atoms with Crippen LogP contribution < -0.4 is 4.31 Å². The molecular weight excluding hydrogens is 300 g/mol. The van der Waals surface area contributed by atoms with E-state index in [2.05, 4.69) is 4.90 Å². The molecule has 2 atom stereocenters. The second-order valence-electron chi connectivity index (χ2n) is 5.98. The van der Waals surface area contributed by atoms with Crippen LogP contribution in [-0.4, -0.2) is 50.4 Å². The summed E-state index contributed by atoms with van der Waals surface area (Å²) >= 11 is 0. The number of aliphatic hydroxyl groups is 1. The molecule has 1 fully saturated rings. The van der Waals surface area contributed by atoms with Gasteiger partial charge in [-0.2, -0.15) is 0 Å². The van der Waals surface area contributed by atoms with E-state index in [1.54, 1.807) is 0 Å². The van der Waals surface area contributed by atoms with Gasteiger partial charge in [-0.05, 0) is 38.4 Å². The van der Waals surface area contributed by atoms with Gasteiger partial charge >= 0.3 is 0 Å². The van der Waals surface area contributed by atoms with Gasteiger partial charge in [0, 0.05) is 19.1 Å². The molecule has 22 heavy (non-hydrogen) atoms. The van der Waals surface area contributed by atoms with Crippen molar-refractivity contribution in [2.24, 2.45) is 0 Å². The summed E-state index contributed by atoms with van der Waals surface area (Å²) in [5.74, 6) is 0.222. The molecule has 0 aliphatic carbocycles. The maximum absolute atomic E-state index is 12.2. The number of benzene rings is 1. The third-order valence-corrected chi connectivity index (χ3v) is 6.24. The van der Waals surface area contributed by atoms with Gasteiger partial charge in [-0.3, -0.25) is 9.21 Å². The summed E-state index contributed by atoms with van der Waals surface area (Å²) in [6.07, 6.45) is 1.02. The predicted molar refractivity (Wildman–Crippen MR) is 89.5 cm³/mol. The van der Waals surface area contributed by atoms with E-state index in [9.17, 15) is 13.5 Å². The number of para-hydroxylation sites is 1. The van der Waals surface area contributed by atoms with Crippen molar-refractivity contribution in [3.05, 3.63) is 29.8 Å². The third-order valence-electron chi connectivity index (χ3n) is 4.39. The van der Waals surface area contributed by atoms with Gasteiger partial charge < -0.3 is 5.11 Å². The number of hydrogen-bond acceptors (Lipinski definition) is 4. The maximum Gasteiger partial charge on any atom is 0.235 e. The standard InChI is InChI=1S/C16H26N2O3S/c1-4-14(19)12-17(3)13(2)15-8-5-6-9-16(15)18-10-7-11-22(18,20)21/h5-6,8-9,13-14,19H,4,7,10-12H2,1-3H3/t13-,14+/m1/s1. The van der Waals surface area contributed by atoms with Gasteiger partial charge in [0.1, 0.15) is 0 Å². The molecule has 1 aromatic rings. The highest BCUT2D eigenvalue weighted by molar-refractivity contribution is 7.93. The summed E-state index contributed by atoms with van der Waals surface area (Å²) in [6, 6.07) is 7.69. The van der Waals surface area contributed by atoms with Crippen LogP contribution in [0.25, 0.3) is 0 Å². The summed E-state index contributed by atoms with van der Waals surface area (Å²) < 4.78 is 25.9. The summed E-state index contributed by atoms with van der Waals surface area (Å²) in [6.45, 7) is 5.12. The Bertz CT molecular complexity index is 603. The lowest BCUT2D eigenvalue weighted by molar-refractivity contribution is 0.105. The van der Waals surface area contributed by atoms with Crippen molar-refractivity contribution >= 4 is 15.7 Å². The monoisotopic (exact) mass is 326 g/mol. The lowest BCUT2D eigenvalue weighted by Gasteiger charge is -2.30. The fourth-order valence-corrected chi connectivity index (χ4v) is 4.42. The topological polar surface area (TPSA) is 60.9 Å². The van der Waals surface area contributed by atoms with E-state index in [1.807, 2.05) is 45.2 Å². The second-order valence-corrected chi connectivity index (χ2v) is 7.99. The van der Waals surface area contributed by atoms with E-state index >= 15 is 0 Å². The summed E-state index contributed by atoms with van der Waals surface area (Å²) in [5, 5.41) is 9.84. The molecule has 1 aromatic carbocycles. The zero-order chi connectivity index (χ0) is 16.3. The Labute approximate surface area is 133 Å². The van der Waals surface area contributed by atoms with Crippen molar-refractivity contribution in [3.8, 4) is 0 Å². The van der Waals surface area contributed by atoms with Crippen molar-refractivity contribution in [1.82, 2.24) is 4.90 Å². The molecule has 0 unspecified atom stereocenters. The van der Waals surface area contributed by atoms with Crippen LogP contribution >= 0.6 is 0 Å². The molecule has 1 aliphatic rings. The van der Waals surface area contributed by atoms with Crippen molar-refractivity contribution in [2.75, 3.05) is 30.2 Å². The largest absolute Gasteiger partial charge is 0.392 e. The van der Waals surface area contributed by atoms with Gasteiger partial charge in [0.05, 0.1) is 17.5 Å². The predicted octanol–water partition coefficient (Wildman–Crippen LogP) is 1.99. The van der Waals surface area contributed by atoms with E-state index < -0.39 is 10.0 Å². The molecule has 1 saturated heterocycles. The van der Waals surface area contributed by atoms with Gasteiger partial charge in [-0.15, -0.1) is 0 Å². The first kappa shape index (κ1) is 17.2. The van der Waals surface area contributed by atoms with Gasteiger partial charge in [0.2, 0.25) is 10.0 Å². The van der Waals surface area contributed by atoms with E-state index in [1.165, 1.54) is 4.31 Å². The summed E-state index contributed by atoms with van der Waals surface area (Å²) in [4.78, 5) is 2.07. The molecule has 1 aliphatic heterocycles. The highest BCUT2D eigenvalue weighted by Crippen LogP contribution is 2.33. The third kappa shape index (κ3) is 3.62. The maximum atomic E-state index is 12.2. The Hall–Kier alpha value is -1.11. The molecule has 0 aromatic heterocycles. The van der Waals surface area contributed by atoms with Gasteiger partial charge in [0.15, 0.2) is 0 Å². The molecule has 0 amide bonds. The quantitative estimate of drug-likeness (QED) is 0.868. The highest BCUT2D eigenvalue weighted by Gasteiger charge is 2.31. The molecule has 6 heteroatoms. The molecule has 0 saturated carbocycles. The number of aliphatic hydroxyl groups excluding tert-OH is 1. The Balaban J connectivity index is 2.28. The highest BCUT2D eigenvalue weighted by atomic mass is 32.2. The Morgan fingerprint density at radius 1 is 1.36 bits per heavy atom. The minimum Gasteiger partial charge on any atom is -0.392 e. The van der Waals surface area contributed by atoms with Gasteiger partial charge in [-0.25, -0.2) is 8.42 Å². The molecule has 0 spiro atoms. The molecule has 2 rings (SSSR count). The fraction of sp³-hybridized carbons (Fsp3) is 0.625. The van der Waals surface area contributed by atoms with Gasteiger partial charge in [0.25, 0.3) is 0 Å². The Kier molecular flexibility index (Phi) is 5.47. The molecule has 0 bridgehead atoms. The van der Waals surface area contributed by atoms with Crippen LogP contribution in [0.1, 0.15) is 38.3 Å². The average Bonchev–Trinajstić information content (AvgIpc) is 2.85. The number of nitrogens with zero attached hydrogens (tertiary/aromatic N) is 2. The fourth-order valence-electron chi connectivity index (χ4n) is 2.84. The van der Waals surface area contributed by atoms with Crippen LogP contribution in [-0.2, 0) is 10.0 Å². The van der Waals surface area contributed by atoms with Crippen LogP contribution in [0.2, 0.25) is 0 Å². The van der Waals surface area contributed by atoms with E-state index in [4.69, 9.17) is 0 Å². The van der Waals surface area contributed by atoms with Crippen LogP contribution in [0.4, 0.5) is 5.69 Å². The SMILES string of the molecule is CC[C@H](O)CN(C)[C@H](C)c1ccccc1N1CCCS1(=O)=O. The Morgan fingerprint density at radius 2 is 2.05 bits per heavy atom. The molecule has 1 heterocycles. The first-order valence-corrected chi connectivity index (χ1v) is 9.45. The van der Waals surface area contributed by atoms with E-state index in [0.29, 0.717) is 25.9 Å². The van der Waals surface area contributed by atoms with Crippen LogP contribution in [0.5, 0.6) is 0 Å². The molecule has 124 valence electrons. The van der Waals surface area contributed by atoms with E-state index in [-0.39, 0.29) is 17.9 Å². The molecular formula is C16H26N2O3S. The van der Waals surface area contributed by atoms with Crippen molar-refractivity contribution in [2.45, 2.75) is 38.8 Å². The molecule has 0 radical (unpaired) electrons. The first-order valence-electron chi connectivity index (χ1n) is 7.84. The molecule has 5 nitrogen and oxygen atoms in total. The van der Waals surface area contributed by atoms with Crippen molar-refractivity contribution in [3.63, 3.8) is 0 Å². The molecule has 1 N–H and O–H groups in total. The number of sulfonamides is 1. The second kappa shape index (κ2) is 6.98. The lowest BCUT2D eigenvalue weighted by Crippen LogP contribution is -2.33. The average molecular weight is 326 g/mol. The summed E-state index contributed by atoms with van der Waals surface area (Å²) in [5.41, 5.74) is 1.75. The minimum absolute atomic E-state index is 0.0354. The number of likely N-dealkylation sites (N-methyl/N-ethyl adjacent to an activating group) is 1. The van der Waals surface area contributed by atoms with E-state index in [0.717, 1.165) is 11.3 Å². The normalized spacial score (nSPS) is 20.3. The van der Waals surface area contributed by atoms with Crippen LogP contribution in [0, 0.1) is 0 Å². The Morgan fingerprint density at radius 3 is 2.64 bits per heavy atom. The number of rotatable bonds is 6. The van der Waals surface area contributed by atoms with Crippen molar-refractivity contribution in [1.29, 1.82) is 0 Å². The van der Waals surface area contributed by atoms with Crippen LogP contribution in [0.3, 0.4) is 0 Å². The lowest BCUT2D eigenvalue weighted by atomic mass is 10.0. The zero-order valence-electron chi connectivity index (χ0n) is 13.6. The zero-order valence-corrected chi connectivity index (χ0v) is 14.4. The smallest absolute Gasteiger partial charge is 0.235 e. The number of hydrogen-bond donors (Lipinski definition) is 1. The van der Waals surface area contributed by atoms with Crippen molar-refractivity contribution < 1.29 is 13.5 Å².